The highest BCUT2D eigenvalue weighted by Gasteiger charge is 2.23. The van der Waals surface area contributed by atoms with Crippen molar-refractivity contribution in [2.75, 3.05) is 19.5 Å². The molecule has 3 aromatic carbocycles. The minimum Gasteiger partial charge on any atom is -0.493 e. The Kier molecular flexibility index (Phi) is 5.61. The Balaban J connectivity index is 1.71. The summed E-state index contributed by atoms with van der Waals surface area (Å²) in [5.41, 5.74) is 1.94. The second-order valence-corrected chi connectivity index (χ2v) is 6.48. The molecular weight excluding hydrogens is 385 g/mol. The summed E-state index contributed by atoms with van der Waals surface area (Å²) in [6.45, 7) is 0. The smallest absolute Gasteiger partial charge is 0.250 e. The Labute approximate surface area is 173 Å². The summed E-state index contributed by atoms with van der Waals surface area (Å²) in [6.07, 6.45) is 0. The number of hydrogen-bond donors (Lipinski definition) is 1. The fraction of sp³-hybridized carbons (Fsp3) is 0.130. The SMILES string of the molecule is COc1ccc(NC(c2ccccc2)c2nnc(-c3ccccc3F)o2)cc1OC. The van der Waals surface area contributed by atoms with Gasteiger partial charge in [0.05, 0.1) is 19.8 Å². The van der Waals surface area contributed by atoms with Gasteiger partial charge in [-0.1, -0.05) is 42.5 Å². The number of ether oxygens (including phenoxy) is 2. The third-order valence-corrected chi connectivity index (χ3v) is 4.62. The van der Waals surface area contributed by atoms with Crippen LogP contribution in [0.25, 0.3) is 11.5 Å². The summed E-state index contributed by atoms with van der Waals surface area (Å²) in [5, 5.41) is 11.6. The van der Waals surface area contributed by atoms with Gasteiger partial charge in [0.25, 0.3) is 5.89 Å². The molecule has 1 atom stereocenters. The number of rotatable bonds is 7. The summed E-state index contributed by atoms with van der Waals surface area (Å²) in [4.78, 5) is 0. The topological polar surface area (TPSA) is 69.4 Å². The van der Waals surface area contributed by atoms with E-state index in [2.05, 4.69) is 15.5 Å². The zero-order valence-electron chi connectivity index (χ0n) is 16.5. The number of aromatic nitrogens is 2. The van der Waals surface area contributed by atoms with E-state index >= 15 is 0 Å². The van der Waals surface area contributed by atoms with Crippen molar-refractivity contribution >= 4 is 5.69 Å². The fourth-order valence-corrected chi connectivity index (χ4v) is 3.12. The Morgan fingerprint density at radius 3 is 2.33 bits per heavy atom. The molecule has 0 saturated carbocycles. The van der Waals surface area contributed by atoms with Gasteiger partial charge in [-0.25, -0.2) is 4.39 Å². The van der Waals surface area contributed by atoms with E-state index in [1.54, 1.807) is 32.4 Å². The number of benzene rings is 3. The van der Waals surface area contributed by atoms with Crippen LogP contribution in [0.5, 0.6) is 11.5 Å². The Morgan fingerprint density at radius 2 is 1.60 bits per heavy atom. The van der Waals surface area contributed by atoms with E-state index in [4.69, 9.17) is 13.9 Å². The maximum absolute atomic E-state index is 14.1. The largest absolute Gasteiger partial charge is 0.493 e. The van der Waals surface area contributed by atoms with Crippen molar-refractivity contribution in [1.82, 2.24) is 10.2 Å². The molecule has 0 fully saturated rings. The zero-order chi connectivity index (χ0) is 20.9. The zero-order valence-corrected chi connectivity index (χ0v) is 16.5. The van der Waals surface area contributed by atoms with Crippen LogP contribution in [0.2, 0.25) is 0 Å². The molecule has 152 valence electrons. The number of methoxy groups -OCH3 is 2. The molecule has 0 aliphatic heterocycles. The lowest BCUT2D eigenvalue weighted by Gasteiger charge is -2.18. The minimum absolute atomic E-state index is 0.123. The van der Waals surface area contributed by atoms with E-state index in [0.29, 0.717) is 17.4 Å². The van der Waals surface area contributed by atoms with Gasteiger partial charge in [0.2, 0.25) is 5.89 Å². The lowest BCUT2D eigenvalue weighted by Crippen LogP contribution is -2.13. The van der Waals surface area contributed by atoms with Gasteiger partial charge in [-0.3, -0.25) is 0 Å². The molecule has 0 bridgehead atoms. The van der Waals surface area contributed by atoms with Gasteiger partial charge in [0.15, 0.2) is 11.5 Å². The van der Waals surface area contributed by atoms with Crippen LogP contribution in [0.4, 0.5) is 10.1 Å². The monoisotopic (exact) mass is 405 g/mol. The first kappa shape index (κ1) is 19.4. The van der Waals surface area contributed by atoms with Crippen LogP contribution >= 0.6 is 0 Å². The summed E-state index contributed by atoms with van der Waals surface area (Å²) >= 11 is 0. The lowest BCUT2D eigenvalue weighted by molar-refractivity contribution is 0.355. The molecule has 1 aromatic heterocycles. The van der Waals surface area contributed by atoms with Crippen LogP contribution in [-0.4, -0.2) is 24.4 Å². The van der Waals surface area contributed by atoms with E-state index in [9.17, 15) is 4.39 Å². The van der Waals surface area contributed by atoms with Crippen molar-refractivity contribution < 1.29 is 18.3 Å². The Hall–Kier alpha value is -3.87. The average molecular weight is 405 g/mol. The van der Waals surface area contributed by atoms with Crippen molar-refractivity contribution in [1.29, 1.82) is 0 Å². The Bertz CT molecular complexity index is 1130. The normalized spacial score (nSPS) is 11.7. The number of anilines is 1. The first-order chi connectivity index (χ1) is 14.7. The molecule has 4 aromatic rings. The Morgan fingerprint density at radius 1 is 0.867 bits per heavy atom. The predicted octanol–water partition coefficient (Wildman–Crippen LogP) is 5.09. The quantitative estimate of drug-likeness (QED) is 0.462. The van der Waals surface area contributed by atoms with Crippen molar-refractivity contribution in [3.63, 3.8) is 0 Å². The van der Waals surface area contributed by atoms with Gasteiger partial charge in [0.1, 0.15) is 11.9 Å². The van der Waals surface area contributed by atoms with Crippen LogP contribution in [0.15, 0.2) is 77.2 Å². The molecule has 0 aliphatic carbocycles. The molecular formula is C23H20FN3O3. The molecule has 7 heteroatoms. The molecule has 0 aliphatic rings. The molecule has 30 heavy (non-hydrogen) atoms. The number of hydrogen-bond acceptors (Lipinski definition) is 6. The highest BCUT2D eigenvalue weighted by atomic mass is 19.1. The summed E-state index contributed by atoms with van der Waals surface area (Å²) in [5.74, 6) is 1.23. The molecule has 4 rings (SSSR count). The van der Waals surface area contributed by atoms with Gasteiger partial charge in [-0.15, -0.1) is 10.2 Å². The second-order valence-electron chi connectivity index (χ2n) is 6.48. The summed E-state index contributed by atoms with van der Waals surface area (Å²) in [6, 6.07) is 21.0. The van der Waals surface area contributed by atoms with Crippen LogP contribution in [0.3, 0.4) is 0 Å². The highest BCUT2D eigenvalue weighted by Crippen LogP contribution is 2.33. The van der Waals surface area contributed by atoms with Crippen LogP contribution < -0.4 is 14.8 Å². The van der Waals surface area contributed by atoms with Crippen LogP contribution in [0, 0.1) is 5.82 Å². The molecule has 0 radical (unpaired) electrons. The van der Waals surface area contributed by atoms with E-state index in [1.165, 1.54) is 6.07 Å². The standard InChI is InChI=1S/C23H20FN3O3/c1-28-19-13-12-16(14-20(19)29-2)25-21(15-8-4-3-5-9-15)23-27-26-22(30-23)17-10-6-7-11-18(17)24/h3-14,21,25H,1-2H3. The van der Waals surface area contributed by atoms with Gasteiger partial charge < -0.3 is 19.2 Å². The van der Waals surface area contributed by atoms with Crippen molar-refractivity contribution in [2.45, 2.75) is 6.04 Å². The molecule has 1 unspecified atom stereocenters. The number of nitrogens with zero attached hydrogens (tertiary/aromatic N) is 2. The fourth-order valence-electron chi connectivity index (χ4n) is 3.12. The summed E-state index contributed by atoms with van der Waals surface area (Å²) < 4.78 is 30.7. The van der Waals surface area contributed by atoms with E-state index in [0.717, 1.165) is 11.3 Å². The van der Waals surface area contributed by atoms with E-state index in [1.807, 2.05) is 48.5 Å². The molecule has 0 spiro atoms. The van der Waals surface area contributed by atoms with Gasteiger partial charge >= 0.3 is 0 Å². The molecule has 1 N–H and O–H groups in total. The van der Waals surface area contributed by atoms with Gasteiger partial charge in [-0.2, -0.15) is 0 Å². The third kappa shape index (κ3) is 3.96. The number of halogens is 1. The van der Waals surface area contributed by atoms with Crippen LogP contribution in [0.1, 0.15) is 17.5 Å². The highest BCUT2D eigenvalue weighted by molar-refractivity contribution is 5.57. The maximum atomic E-state index is 14.1. The maximum Gasteiger partial charge on any atom is 0.250 e. The first-order valence-corrected chi connectivity index (χ1v) is 9.31. The molecule has 0 saturated heterocycles. The lowest BCUT2D eigenvalue weighted by atomic mass is 10.1. The molecule has 6 nitrogen and oxygen atoms in total. The van der Waals surface area contributed by atoms with Gasteiger partial charge in [-0.05, 0) is 29.8 Å². The number of nitrogens with one attached hydrogen (secondary N) is 1. The first-order valence-electron chi connectivity index (χ1n) is 9.31. The predicted molar refractivity (Wildman–Crippen MR) is 111 cm³/mol. The third-order valence-electron chi connectivity index (χ3n) is 4.62. The van der Waals surface area contributed by atoms with Crippen molar-refractivity contribution in [3.05, 3.63) is 90.1 Å². The van der Waals surface area contributed by atoms with Crippen molar-refractivity contribution in [3.8, 4) is 23.0 Å². The van der Waals surface area contributed by atoms with Crippen molar-refractivity contribution in [2.24, 2.45) is 0 Å². The van der Waals surface area contributed by atoms with Gasteiger partial charge in [0, 0.05) is 11.8 Å². The molecule has 0 amide bonds. The summed E-state index contributed by atoms with van der Waals surface area (Å²) in [7, 11) is 3.16. The van der Waals surface area contributed by atoms with E-state index < -0.39 is 11.9 Å². The minimum atomic E-state index is -0.447. The second kappa shape index (κ2) is 8.65. The average Bonchev–Trinajstić information content (AvgIpc) is 3.27. The van der Waals surface area contributed by atoms with E-state index in [-0.39, 0.29) is 11.5 Å². The molecule has 1 heterocycles. The van der Waals surface area contributed by atoms with Crippen LogP contribution in [-0.2, 0) is 0 Å².